The van der Waals surface area contributed by atoms with Gasteiger partial charge >= 0.3 is 0 Å². The van der Waals surface area contributed by atoms with E-state index in [9.17, 15) is 14.9 Å². The fraction of sp³-hybridized carbons (Fsp3) is 0.444. The number of benzene rings is 1. The molecule has 0 spiro atoms. The highest BCUT2D eigenvalue weighted by atomic mass is 16.6. The van der Waals surface area contributed by atoms with Crippen molar-refractivity contribution < 1.29 is 9.72 Å². The molecular formula is C18H21N5O3. The van der Waals surface area contributed by atoms with E-state index in [0.29, 0.717) is 17.3 Å². The average molecular weight is 355 g/mol. The van der Waals surface area contributed by atoms with Crippen LogP contribution in [0.2, 0.25) is 0 Å². The predicted octanol–water partition coefficient (Wildman–Crippen LogP) is 2.15. The number of hydrogen-bond acceptors (Lipinski definition) is 5. The molecule has 1 aromatic heterocycles. The van der Waals surface area contributed by atoms with Gasteiger partial charge in [-0.2, -0.15) is 5.10 Å². The van der Waals surface area contributed by atoms with Gasteiger partial charge in [-0.3, -0.25) is 20.0 Å². The van der Waals surface area contributed by atoms with Gasteiger partial charge in [0.2, 0.25) is 0 Å². The van der Waals surface area contributed by atoms with Crippen molar-refractivity contribution in [2.24, 2.45) is 5.92 Å². The van der Waals surface area contributed by atoms with Crippen LogP contribution < -0.4 is 0 Å². The second-order valence-electron chi connectivity index (χ2n) is 7.09. The Morgan fingerprint density at radius 1 is 1.31 bits per heavy atom. The van der Waals surface area contributed by atoms with Crippen LogP contribution in [0, 0.1) is 16.0 Å². The van der Waals surface area contributed by atoms with Crippen LogP contribution in [-0.2, 0) is 0 Å². The first-order valence-corrected chi connectivity index (χ1v) is 8.82. The fourth-order valence-corrected chi connectivity index (χ4v) is 4.05. The minimum absolute atomic E-state index is 0.0303. The Kier molecular flexibility index (Phi) is 4.20. The number of nitro benzene ring substituents is 1. The van der Waals surface area contributed by atoms with Crippen molar-refractivity contribution in [3.05, 3.63) is 46.1 Å². The largest absolute Gasteiger partial charge is 0.336 e. The Bertz CT molecular complexity index is 824. The molecule has 26 heavy (non-hydrogen) atoms. The molecule has 1 amide bonds. The number of piperidine rings is 3. The zero-order chi connectivity index (χ0) is 18.3. The number of fused-ring (bicyclic) bond motifs is 3. The average Bonchev–Trinajstić information content (AvgIpc) is 3.18. The number of aromatic nitrogens is 2. The Morgan fingerprint density at radius 3 is 2.58 bits per heavy atom. The Balaban J connectivity index is 1.50. The number of H-pyrrole nitrogens is 1. The molecule has 136 valence electrons. The Labute approximate surface area is 150 Å². The monoisotopic (exact) mass is 355 g/mol. The molecule has 1 N–H and O–H groups in total. The van der Waals surface area contributed by atoms with Crippen molar-refractivity contribution in [3.63, 3.8) is 0 Å². The number of carbonyl (C=O) groups excluding carboxylic acids is 1. The van der Waals surface area contributed by atoms with Crippen molar-refractivity contribution in [1.29, 1.82) is 0 Å². The van der Waals surface area contributed by atoms with Crippen LogP contribution in [0.5, 0.6) is 0 Å². The number of amides is 1. The normalized spacial score (nSPS) is 24.4. The van der Waals surface area contributed by atoms with Gasteiger partial charge in [-0.05, 0) is 50.0 Å². The third kappa shape index (κ3) is 2.96. The van der Waals surface area contributed by atoms with E-state index in [1.54, 1.807) is 18.2 Å². The molecule has 3 aliphatic heterocycles. The van der Waals surface area contributed by atoms with Crippen LogP contribution in [0.25, 0.3) is 11.3 Å². The molecule has 0 radical (unpaired) electrons. The Hall–Kier alpha value is -2.74. The van der Waals surface area contributed by atoms with Crippen LogP contribution >= 0.6 is 0 Å². The summed E-state index contributed by atoms with van der Waals surface area (Å²) < 4.78 is 0. The van der Waals surface area contributed by atoms with Gasteiger partial charge in [0.15, 0.2) is 0 Å². The maximum absolute atomic E-state index is 12.9. The van der Waals surface area contributed by atoms with Crippen molar-refractivity contribution in [1.82, 2.24) is 20.0 Å². The molecule has 1 aromatic carbocycles. The van der Waals surface area contributed by atoms with Crippen molar-refractivity contribution in [2.75, 3.05) is 26.7 Å². The maximum Gasteiger partial charge on any atom is 0.271 e. The lowest BCUT2D eigenvalue weighted by Crippen LogP contribution is -2.57. The molecule has 5 rings (SSSR count). The summed E-state index contributed by atoms with van der Waals surface area (Å²) >= 11 is 0. The first kappa shape index (κ1) is 16.7. The number of rotatable bonds is 4. The summed E-state index contributed by atoms with van der Waals surface area (Å²) in [4.78, 5) is 27.4. The molecule has 3 fully saturated rings. The summed E-state index contributed by atoms with van der Waals surface area (Å²) in [6.45, 7) is 3.21. The third-order valence-corrected chi connectivity index (χ3v) is 5.62. The van der Waals surface area contributed by atoms with Crippen LogP contribution in [0.1, 0.15) is 23.3 Å². The van der Waals surface area contributed by atoms with Crippen LogP contribution in [0.15, 0.2) is 30.3 Å². The molecule has 8 heteroatoms. The van der Waals surface area contributed by atoms with Crippen molar-refractivity contribution >= 4 is 11.6 Å². The molecule has 0 aliphatic carbocycles. The van der Waals surface area contributed by atoms with Crippen LogP contribution in [0.3, 0.4) is 0 Å². The van der Waals surface area contributed by atoms with Gasteiger partial charge < -0.3 is 9.80 Å². The lowest BCUT2D eigenvalue weighted by molar-refractivity contribution is -0.384. The van der Waals surface area contributed by atoms with Crippen LogP contribution in [0.4, 0.5) is 5.69 Å². The van der Waals surface area contributed by atoms with E-state index in [4.69, 9.17) is 0 Å². The van der Waals surface area contributed by atoms with Gasteiger partial charge in [0.25, 0.3) is 11.6 Å². The minimum atomic E-state index is -0.438. The van der Waals surface area contributed by atoms with E-state index in [-0.39, 0.29) is 17.6 Å². The zero-order valence-electron chi connectivity index (χ0n) is 14.6. The summed E-state index contributed by atoms with van der Waals surface area (Å²) in [5, 5.41) is 17.8. The van der Waals surface area contributed by atoms with Gasteiger partial charge in [0, 0.05) is 37.3 Å². The fourth-order valence-electron chi connectivity index (χ4n) is 4.05. The van der Waals surface area contributed by atoms with E-state index < -0.39 is 4.92 Å². The molecule has 1 unspecified atom stereocenters. The molecule has 0 saturated carbocycles. The van der Waals surface area contributed by atoms with Gasteiger partial charge in [0.1, 0.15) is 5.69 Å². The quantitative estimate of drug-likeness (QED) is 0.670. The molecule has 2 bridgehead atoms. The topological polar surface area (TPSA) is 95.4 Å². The van der Waals surface area contributed by atoms with Gasteiger partial charge in [-0.15, -0.1) is 0 Å². The van der Waals surface area contributed by atoms with Crippen molar-refractivity contribution in [2.45, 2.75) is 18.9 Å². The zero-order valence-corrected chi connectivity index (χ0v) is 14.6. The number of carbonyl (C=O) groups is 1. The number of aromatic amines is 1. The summed E-state index contributed by atoms with van der Waals surface area (Å²) in [6.07, 6.45) is 2.30. The lowest BCUT2D eigenvalue weighted by Gasteiger charge is -2.47. The van der Waals surface area contributed by atoms with E-state index in [1.807, 2.05) is 11.9 Å². The summed E-state index contributed by atoms with van der Waals surface area (Å²) in [5.74, 6) is 0.510. The molecule has 3 aliphatic rings. The van der Waals surface area contributed by atoms with E-state index in [0.717, 1.165) is 38.0 Å². The molecular weight excluding hydrogens is 334 g/mol. The molecule has 8 nitrogen and oxygen atoms in total. The number of hydrogen-bond donors (Lipinski definition) is 1. The molecule has 2 aromatic rings. The molecule has 4 heterocycles. The number of nitrogens with one attached hydrogen (secondary N) is 1. The number of nitrogens with zero attached hydrogens (tertiary/aromatic N) is 4. The smallest absolute Gasteiger partial charge is 0.271 e. The number of likely N-dealkylation sites (N-methyl/N-ethyl adjacent to an activating group) is 1. The van der Waals surface area contributed by atoms with Gasteiger partial charge in [0.05, 0.1) is 10.6 Å². The minimum Gasteiger partial charge on any atom is -0.336 e. The number of nitro groups is 1. The second kappa shape index (κ2) is 6.53. The van der Waals surface area contributed by atoms with E-state index >= 15 is 0 Å². The lowest BCUT2D eigenvalue weighted by atomic mass is 9.83. The summed E-state index contributed by atoms with van der Waals surface area (Å²) in [5.41, 5.74) is 1.81. The maximum atomic E-state index is 12.9. The van der Waals surface area contributed by atoms with Gasteiger partial charge in [-0.25, -0.2) is 0 Å². The molecule has 3 saturated heterocycles. The highest BCUT2D eigenvalue weighted by Gasteiger charge is 2.38. The summed E-state index contributed by atoms with van der Waals surface area (Å²) in [7, 11) is 1.86. The third-order valence-electron chi connectivity index (χ3n) is 5.62. The van der Waals surface area contributed by atoms with Crippen molar-refractivity contribution in [3.8, 4) is 11.3 Å². The van der Waals surface area contributed by atoms with E-state index in [1.165, 1.54) is 12.1 Å². The summed E-state index contributed by atoms with van der Waals surface area (Å²) in [6, 6.07) is 8.10. The van der Waals surface area contributed by atoms with Crippen LogP contribution in [-0.4, -0.2) is 63.6 Å². The second-order valence-corrected chi connectivity index (χ2v) is 7.09. The predicted molar refractivity (Wildman–Crippen MR) is 95.7 cm³/mol. The highest BCUT2D eigenvalue weighted by molar-refractivity contribution is 5.93. The molecule has 1 atom stereocenters. The number of non-ortho nitro benzene ring substituents is 1. The van der Waals surface area contributed by atoms with E-state index in [2.05, 4.69) is 15.1 Å². The van der Waals surface area contributed by atoms with Gasteiger partial charge in [-0.1, -0.05) is 0 Å². The highest BCUT2D eigenvalue weighted by Crippen LogP contribution is 2.31. The standard InChI is InChI=1S/C18H21N5O3/c1-21(17-11-22-8-6-13(17)7-9-22)18(24)16-10-15(19-20-16)12-2-4-14(5-3-12)23(25)26/h2-5,10,13,17H,6-9,11H2,1H3,(H,19,20). The SMILES string of the molecule is CN(C(=O)c1cc(-c2ccc([N+](=O)[O-])cc2)n[nH]1)C1CN2CCC1CC2. The first-order chi connectivity index (χ1) is 12.5. The first-order valence-electron chi connectivity index (χ1n) is 8.82. The Morgan fingerprint density at radius 2 is 2.00 bits per heavy atom.